The van der Waals surface area contributed by atoms with Gasteiger partial charge in [-0.05, 0) is 49.1 Å². The Morgan fingerprint density at radius 1 is 0.952 bits per heavy atom. The summed E-state index contributed by atoms with van der Waals surface area (Å²) in [5.41, 5.74) is 4.98. The largest absolute Gasteiger partial charge is 0.381 e. The van der Waals surface area contributed by atoms with E-state index in [1.807, 2.05) is 37.3 Å². The monoisotopic (exact) mass is 278 g/mol. The molecule has 0 unspecified atom stereocenters. The first kappa shape index (κ1) is 13.4. The average molecular weight is 278 g/mol. The summed E-state index contributed by atoms with van der Waals surface area (Å²) in [6, 6.07) is 16.2. The third-order valence-electron chi connectivity index (χ3n) is 3.61. The number of hydrogen-bond acceptors (Lipinski definition) is 2. The van der Waals surface area contributed by atoms with Crippen molar-refractivity contribution in [2.24, 2.45) is 0 Å². The molecule has 0 spiro atoms. The van der Waals surface area contributed by atoms with Gasteiger partial charge in [-0.2, -0.15) is 0 Å². The quantitative estimate of drug-likeness (QED) is 0.766. The molecule has 2 aromatic carbocycles. The number of benzene rings is 2. The molecular formula is C18H18N2O. The van der Waals surface area contributed by atoms with E-state index in [1.165, 1.54) is 5.56 Å². The number of rotatable bonds is 3. The van der Waals surface area contributed by atoms with Gasteiger partial charge in [0.1, 0.15) is 0 Å². The first-order valence-electron chi connectivity index (χ1n) is 7.05. The van der Waals surface area contributed by atoms with Gasteiger partial charge in [-0.1, -0.05) is 29.8 Å². The highest BCUT2D eigenvalue weighted by Crippen LogP contribution is 2.14. The van der Waals surface area contributed by atoms with E-state index in [2.05, 4.69) is 35.4 Å². The molecule has 0 aliphatic rings. The summed E-state index contributed by atoms with van der Waals surface area (Å²) in [4.78, 5) is 15.1. The summed E-state index contributed by atoms with van der Waals surface area (Å²) in [5.74, 6) is 0. The van der Waals surface area contributed by atoms with Gasteiger partial charge >= 0.3 is 0 Å². The topological polar surface area (TPSA) is 44.9 Å². The molecule has 3 rings (SSSR count). The fraction of sp³-hybridized carbons (Fsp3) is 0.167. The number of aryl methyl sites for hydroxylation is 2. The summed E-state index contributed by atoms with van der Waals surface area (Å²) >= 11 is 0. The molecule has 0 bridgehead atoms. The van der Waals surface area contributed by atoms with Crippen LogP contribution in [0.5, 0.6) is 0 Å². The first-order valence-corrected chi connectivity index (χ1v) is 7.05. The molecule has 0 saturated heterocycles. The molecule has 0 atom stereocenters. The van der Waals surface area contributed by atoms with Crippen molar-refractivity contribution in [1.29, 1.82) is 0 Å². The van der Waals surface area contributed by atoms with Crippen molar-refractivity contribution in [3.05, 3.63) is 75.6 Å². The normalized spacial score (nSPS) is 10.8. The minimum atomic E-state index is -0.0345. The number of aromatic amines is 1. The van der Waals surface area contributed by atoms with E-state index < -0.39 is 0 Å². The maximum Gasteiger partial charge on any atom is 0.253 e. The molecule has 106 valence electrons. The lowest BCUT2D eigenvalue weighted by Gasteiger charge is -2.08. The van der Waals surface area contributed by atoms with Crippen LogP contribution in [0.3, 0.4) is 0 Å². The van der Waals surface area contributed by atoms with Crippen molar-refractivity contribution in [1.82, 2.24) is 4.98 Å². The molecule has 3 nitrogen and oxygen atoms in total. The van der Waals surface area contributed by atoms with Crippen molar-refractivity contribution in [3.8, 4) is 0 Å². The van der Waals surface area contributed by atoms with Gasteiger partial charge in [-0.15, -0.1) is 0 Å². The SMILES string of the molecule is Cc1ccc(NCc2cc3ccc(C)cc3[nH]c2=O)cc1. The predicted molar refractivity (Wildman–Crippen MR) is 87.8 cm³/mol. The van der Waals surface area contributed by atoms with Crippen LogP contribution in [0.4, 0.5) is 5.69 Å². The van der Waals surface area contributed by atoms with Crippen molar-refractivity contribution in [2.45, 2.75) is 20.4 Å². The Balaban J connectivity index is 1.86. The Kier molecular flexibility index (Phi) is 3.48. The minimum absolute atomic E-state index is 0.0345. The van der Waals surface area contributed by atoms with Crippen LogP contribution in [0.15, 0.2) is 53.3 Å². The second-order valence-corrected chi connectivity index (χ2v) is 5.43. The molecule has 0 amide bonds. The van der Waals surface area contributed by atoms with Crippen LogP contribution in [-0.4, -0.2) is 4.98 Å². The lowest BCUT2D eigenvalue weighted by molar-refractivity contribution is 1.09. The maximum atomic E-state index is 12.1. The predicted octanol–water partition coefficient (Wildman–Crippen LogP) is 3.76. The number of aromatic nitrogens is 1. The highest BCUT2D eigenvalue weighted by atomic mass is 16.1. The van der Waals surface area contributed by atoms with E-state index in [-0.39, 0.29) is 5.56 Å². The minimum Gasteiger partial charge on any atom is -0.381 e. The van der Waals surface area contributed by atoms with E-state index in [9.17, 15) is 4.79 Å². The van der Waals surface area contributed by atoms with Crippen LogP contribution in [0.25, 0.3) is 10.9 Å². The molecule has 1 aromatic heterocycles. The Morgan fingerprint density at radius 2 is 1.67 bits per heavy atom. The summed E-state index contributed by atoms with van der Waals surface area (Å²) in [5, 5.41) is 4.34. The third kappa shape index (κ3) is 2.97. The van der Waals surface area contributed by atoms with Crippen LogP contribution in [0.2, 0.25) is 0 Å². The number of H-pyrrole nitrogens is 1. The molecule has 0 saturated carbocycles. The lowest BCUT2D eigenvalue weighted by Crippen LogP contribution is -2.15. The summed E-state index contributed by atoms with van der Waals surface area (Å²) in [6.45, 7) is 4.59. The molecule has 2 N–H and O–H groups in total. The molecule has 0 aliphatic heterocycles. The van der Waals surface area contributed by atoms with Crippen molar-refractivity contribution >= 4 is 16.6 Å². The van der Waals surface area contributed by atoms with Crippen LogP contribution < -0.4 is 10.9 Å². The smallest absolute Gasteiger partial charge is 0.253 e. The molecule has 1 heterocycles. The number of fused-ring (bicyclic) bond motifs is 1. The number of anilines is 1. The Morgan fingerprint density at radius 3 is 2.43 bits per heavy atom. The molecule has 21 heavy (non-hydrogen) atoms. The maximum absolute atomic E-state index is 12.1. The summed E-state index contributed by atoms with van der Waals surface area (Å²) < 4.78 is 0. The molecular weight excluding hydrogens is 260 g/mol. The molecule has 0 fully saturated rings. The standard InChI is InChI=1S/C18H18N2O/c1-12-4-7-16(8-5-12)19-11-15-10-14-6-3-13(2)9-17(14)20-18(15)21/h3-10,19H,11H2,1-2H3,(H,20,21). The third-order valence-corrected chi connectivity index (χ3v) is 3.61. The zero-order valence-electron chi connectivity index (χ0n) is 12.2. The second-order valence-electron chi connectivity index (χ2n) is 5.43. The van der Waals surface area contributed by atoms with Crippen LogP contribution in [0, 0.1) is 13.8 Å². The van der Waals surface area contributed by atoms with E-state index in [0.717, 1.165) is 27.7 Å². The lowest BCUT2D eigenvalue weighted by atomic mass is 10.1. The number of nitrogens with one attached hydrogen (secondary N) is 2. The van der Waals surface area contributed by atoms with Gasteiger partial charge < -0.3 is 10.3 Å². The fourth-order valence-corrected chi connectivity index (χ4v) is 2.36. The Bertz CT molecular complexity index is 832. The van der Waals surface area contributed by atoms with Gasteiger partial charge in [0.2, 0.25) is 0 Å². The first-order chi connectivity index (χ1) is 10.1. The zero-order valence-corrected chi connectivity index (χ0v) is 12.2. The molecule has 0 radical (unpaired) electrons. The summed E-state index contributed by atoms with van der Waals surface area (Å²) in [6.07, 6.45) is 0. The van der Waals surface area contributed by atoms with Crippen LogP contribution in [0.1, 0.15) is 16.7 Å². The van der Waals surface area contributed by atoms with Gasteiger partial charge in [0, 0.05) is 23.3 Å². The second kappa shape index (κ2) is 5.44. The van der Waals surface area contributed by atoms with E-state index in [1.54, 1.807) is 0 Å². The van der Waals surface area contributed by atoms with Gasteiger partial charge in [0.05, 0.1) is 0 Å². The Hall–Kier alpha value is -2.55. The van der Waals surface area contributed by atoms with Crippen LogP contribution in [-0.2, 0) is 6.54 Å². The van der Waals surface area contributed by atoms with Gasteiger partial charge in [0.25, 0.3) is 5.56 Å². The van der Waals surface area contributed by atoms with Crippen molar-refractivity contribution in [3.63, 3.8) is 0 Å². The van der Waals surface area contributed by atoms with E-state index >= 15 is 0 Å². The van der Waals surface area contributed by atoms with Crippen LogP contribution >= 0.6 is 0 Å². The van der Waals surface area contributed by atoms with E-state index in [0.29, 0.717) is 6.54 Å². The molecule has 3 aromatic rings. The fourth-order valence-electron chi connectivity index (χ4n) is 2.36. The highest BCUT2D eigenvalue weighted by Gasteiger charge is 2.03. The van der Waals surface area contributed by atoms with Crippen molar-refractivity contribution < 1.29 is 0 Å². The van der Waals surface area contributed by atoms with Crippen molar-refractivity contribution in [2.75, 3.05) is 5.32 Å². The number of hydrogen-bond donors (Lipinski definition) is 2. The summed E-state index contributed by atoms with van der Waals surface area (Å²) in [7, 11) is 0. The zero-order chi connectivity index (χ0) is 14.8. The molecule has 0 aliphatic carbocycles. The van der Waals surface area contributed by atoms with Gasteiger partial charge in [-0.25, -0.2) is 0 Å². The van der Waals surface area contributed by atoms with Gasteiger partial charge in [-0.3, -0.25) is 4.79 Å². The van der Waals surface area contributed by atoms with E-state index in [4.69, 9.17) is 0 Å². The van der Waals surface area contributed by atoms with Gasteiger partial charge in [0.15, 0.2) is 0 Å². The average Bonchev–Trinajstić information content (AvgIpc) is 2.47. The Labute approximate surface area is 123 Å². The number of pyridine rings is 1. The highest BCUT2D eigenvalue weighted by molar-refractivity contribution is 5.79. The molecule has 3 heteroatoms.